The molecule has 146 valence electrons. The van der Waals surface area contributed by atoms with Gasteiger partial charge in [-0.25, -0.2) is 0 Å². The summed E-state index contributed by atoms with van der Waals surface area (Å²) in [4.78, 5) is 12.0. The zero-order valence-electron chi connectivity index (χ0n) is 15.0. The molecule has 2 aromatic carbocycles. The minimum Gasteiger partial charge on any atom is -0.411 e. The molecule has 1 N–H and O–H groups in total. The molecule has 28 heavy (non-hydrogen) atoms. The molecule has 3 aromatic rings. The van der Waals surface area contributed by atoms with E-state index in [9.17, 15) is 18.0 Å². The van der Waals surface area contributed by atoms with Crippen molar-refractivity contribution in [2.45, 2.75) is 25.2 Å². The first-order valence-corrected chi connectivity index (χ1v) is 9.21. The summed E-state index contributed by atoms with van der Waals surface area (Å²) in [6.45, 7) is 3.93. The standard InChI is InChI=1S/C19H16F3N3O2S/c1-11-7-12(2)9-13(8-11)17-24-25-18(27-17)28-10-16(26)23-15-5-3-14(4-6-15)19(20,21)22/h3-9H,10H2,1-2H3,(H,23,26). The van der Waals surface area contributed by atoms with Crippen LogP contribution in [0.2, 0.25) is 0 Å². The second kappa shape index (κ2) is 8.05. The third-order valence-corrected chi connectivity index (χ3v) is 4.52. The molecule has 9 heteroatoms. The molecule has 0 atom stereocenters. The summed E-state index contributed by atoms with van der Waals surface area (Å²) < 4.78 is 43.2. The Morgan fingerprint density at radius 2 is 1.71 bits per heavy atom. The van der Waals surface area contributed by atoms with Crippen molar-refractivity contribution in [2.75, 3.05) is 11.1 Å². The Hall–Kier alpha value is -2.81. The first-order chi connectivity index (χ1) is 13.2. The van der Waals surface area contributed by atoms with Crippen molar-refractivity contribution in [1.82, 2.24) is 10.2 Å². The van der Waals surface area contributed by atoms with E-state index in [0.29, 0.717) is 5.89 Å². The van der Waals surface area contributed by atoms with Gasteiger partial charge in [-0.2, -0.15) is 13.2 Å². The molecule has 0 aliphatic rings. The van der Waals surface area contributed by atoms with Gasteiger partial charge in [-0.05, 0) is 50.2 Å². The molecule has 0 aliphatic carbocycles. The summed E-state index contributed by atoms with van der Waals surface area (Å²) in [7, 11) is 0. The number of carbonyl (C=O) groups is 1. The average molecular weight is 407 g/mol. The molecule has 0 saturated heterocycles. The molecule has 0 unspecified atom stereocenters. The number of hydrogen-bond acceptors (Lipinski definition) is 5. The summed E-state index contributed by atoms with van der Waals surface area (Å²) in [6.07, 6.45) is -4.41. The Labute approximate surface area is 163 Å². The second-order valence-electron chi connectivity index (χ2n) is 6.16. The lowest BCUT2D eigenvalue weighted by molar-refractivity contribution is -0.137. The van der Waals surface area contributed by atoms with Crippen molar-refractivity contribution < 1.29 is 22.4 Å². The number of nitrogens with one attached hydrogen (secondary N) is 1. The van der Waals surface area contributed by atoms with Crippen LogP contribution in [0.4, 0.5) is 18.9 Å². The Morgan fingerprint density at radius 3 is 2.32 bits per heavy atom. The monoisotopic (exact) mass is 407 g/mol. The first-order valence-electron chi connectivity index (χ1n) is 8.23. The van der Waals surface area contributed by atoms with Gasteiger partial charge < -0.3 is 9.73 Å². The predicted octanol–water partition coefficient (Wildman–Crippen LogP) is 5.10. The molecule has 3 rings (SSSR count). The van der Waals surface area contributed by atoms with E-state index in [1.807, 2.05) is 32.0 Å². The van der Waals surface area contributed by atoms with Crippen molar-refractivity contribution >= 4 is 23.4 Å². The lowest BCUT2D eigenvalue weighted by Crippen LogP contribution is -2.14. The fourth-order valence-corrected chi connectivity index (χ4v) is 3.11. The lowest BCUT2D eigenvalue weighted by atomic mass is 10.1. The normalized spacial score (nSPS) is 11.5. The van der Waals surface area contributed by atoms with Crippen LogP contribution >= 0.6 is 11.8 Å². The molecule has 0 fully saturated rings. The fraction of sp³-hybridized carbons (Fsp3) is 0.211. The number of alkyl halides is 3. The molecule has 1 heterocycles. The Kier molecular flexibility index (Phi) is 5.73. The maximum atomic E-state index is 12.5. The average Bonchev–Trinajstić information content (AvgIpc) is 3.08. The van der Waals surface area contributed by atoms with Crippen LogP contribution in [0.25, 0.3) is 11.5 Å². The number of benzene rings is 2. The minimum absolute atomic E-state index is 0.0184. The number of anilines is 1. The van der Waals surface area contributed by atoms with Gasteiger partial charge in [-0.1, -0.05) is 29.0 Å². The molecular weight excluding hydrogens is 391 g/mol. The topological polar surface area (TPSA) is 68.0 Å². The van der Waals surface area contributed by atoms with E-state index in [4.69, 9.17) is 4.42 Å². The van der Waals surface area contributed by atoms with Crippen LogP contribution in [0.5, 0.6) is 0 Å². The van der Waals surface area contributed by atoms with Crippen LogP contribution in [0.15, 0.2) is 52.1 Å². The molecule has 0 bridgehead atoms. The number of rotatable bonds is 5. The summed E-state index contributed by atoms with van der Waals surface area (Å²) in [5.74, 6) is -0.0523. The SMILES string of the molecule is Cc1cc(C)cc(-c2nnc(SCC(=O)Nc3ccc(C(F)(F)F)cc3)o2)c1. The van der Waals surface area contributed by atoms with Crippen molar-refractivity contribution in [3.8, 4) is 11.5 Å². The van der Waals surface area contributed by atoms with E-state index >= 15 is 0 Å². The van der Waals surface area contributed by atoms with Crippen molar-refractivity contribution in [3.63, 3.8) is 0 Å². The van der Waals surface area contributed by atoms with Gasteiger partial charge in [-0.3, -0.25) is 4.79 Å². The number of hydrogen-bond donors (Lipinski definition) is 1. The van der Waals surface area contributed by atoms with Gasteiger partial charge >= 0.3 is 6.18 Å². The molecule has 0 aliphatic heterocycles. The van der Waals surface area contributed by atoms with Crippen LogP contribution in [0, 0.1) is 13.8 Å². The third kappa shape index (κ3) is 5.13. The van der Waals surface area contributed by atoms with Crippen molar-refractivity contribution in [3.05, 3.63) is 59.2 Å². The largest absolute Gasteiger partial charge is 0.416 e. The van der Waals surface area contributed by atoms with Gasteiger partial charge in [0.05, 0.1) is 11.3 Å². The Balaban J connectivity index is 1.57. The van der Waals surface area contributed by atoms with Gasteiger partial charge in [0.15, 0.2) is 0 Å². The molecule has 0 spiro atoms. The zero-order valence-corrected chi connectivity index (χ0v) is 15.8. The van der Waals surface area contributed by atoms with E-state index in [2.05, 4.69) is 15.5 Å². The number of aryl methyl sites for hydroxylation is 2. The highest BCUT2D eigenvalue weighted by molar-refractivity contribution is 7.99. The Bertz CT molecular complexity index is 965. The highest BCUT2D eigenvalue weighted by Crippen LogP contribution is 2.30. The van der Waals surface area contributed by atoms with E-state index in [1.165, 1.54) is 12.1 Å². The van der Waals surface area contributed by atoms with E-state index in [-0.39, 0.29) is 16.7 Å². The highest BCUT2D eigenvalue weighted by Gasteiger charge is 2.30. The second-order valence-corrected chi connectivity index (χ2v) is 7.09. The number of aromatic nitrogens is 2. The van der Waals surface area contributed by atoms with Crippen LogP contribution in [0.3, 0.4) is 0 Å². The molecule has 1 amide bonds. The Morgan fingerprint density at radius 1 is 1.07 bits per heavy atom. The van der Waals surface area contributed by atoms with Crippen LogP contribution in [0.1, 0.15) is 16.7 Å². The number of amides is 1. The van der Waals surface area contributed by atoms with Gasteiger partial charge in [0, 0.05) is 11.3 Å². The smallest absolute Gasteiger partial charge is 0.411 e. The zero-order chi connectivity index (χ0) is 20.3. The minimum atomic E-state index is -4.41. The number of nitrogens with zero attached hydrogens (tertiary/aromatic N) is 2. The summed E-state index contributed by atoms with van der Waals surface area (Å²) in [6, 6.07) is 10.1. The molecule has 1 aromatic heterocycles. The first kappa shape index (κ1) is 19.9. The van der Waals surface area contributed by atoms with Crippen LogP contribution in [-0.4, -0.2) is 21.9 Å². The maximum absolute atomic E-state index is 12.5. The quantitative estimate of drug-likeness (QED) is 0.596. The van der Waals surface area contributed by atoms with Crippen LogP contribution < -0.4 is 5.32 Å². The van der Waals surface area contributed by atoms with E-state index in [1.54, 1.807) is 0 Å². The van der Waals surface area contributed by atoms with Crippen LogP contribution in [-0.2, 0) is 11.0 Å². The molecular formula is C19H16F3N3O2S. The number of thioether (sulfide) groups is 1. The highest BCUT2D eigenvalue weighted by atomic mass is 32.2. The summed E-state index contributed by atoms with van der Waals surface area (Å²) in [5, 5.41) is 10.7. The maximum Gasteiger partial charge on any atom is 0.416 e. The van der Waals surface area contributed by atoms with Gasteiger partial charge in [0.1, 0.15) is 0 Å². The van der Waals surface area contributed by atoms with Crippen molar-refractivity contribution in [1.29, 1.82) is 0 Å². The van der Waals surface area contributed by atoms with Gasteiger partial charge in [0.2, 0.25) is 11.8 Å². The van der Waals surface area contributed by atoms with E-state index < -0.39 is 17.6 Å². The molecule has 0 saturated carbocycles. The molecule has 0 radical (unpaired) electrons. The lowest BCUT2D eigenvalue weighted by Gasteiger charge is -2.08. The summed E-state index contributed by atoms with van der Waals surface area (Å²) >= 11 is 1.05. The number of halogens is 3. The molecule has 5 nitrogen and oxygen atoms in total. The van der Waals surface area contributed by atoms with Gasteiger partial charge in [0.25, 0.3) is 5.22 Å². The predicted molar refractivity (Wildman–Crippen MR) is 100 cm³/mol. The third-order valence-electron chi connectivity index (χ3n) is 3.70. The van der Waals surface area contributed by atoms with E-state index in [0.717, 1.165) is 40.6 Å². The summed E-state index contributed by atoms with van der Waals surface area (Å²) in [5.41, 5.74) is 2.44. The van der Waals surface area contributed by atoms with Crippen molar-refractivity contribution in [2.24, 2.45) is 0 Å². The fourth-order valence-electron chi connectivity index (χ4n) is 2.55. The number of carbonyl (C=O) groups excluding carboxylic acids is 1. The van der Waals surface area contributed by atoms with Gasteiger partial charge in [-0.15, -0.1) is 10.2 Å².